The second-order valence-electron chi connectivity index (χ2n) is 4.65. The molecule has 21 heavy (non-hydrogen) atoms. The first kappa shape index (κ1) is 15.2. The van der Waals surface area contributed by atoms with Crippen molar-refractivity contribution in [1.82, 2.24) is 4.98 Å². The largest absolute Gasteiger partial charge is 0.496 e. The van der Waals surface area contributed by atoms with E-state index in [0.717, 1.165) is 17.2 Å². The molecule has 2 rings (SSSR count). The second-order valence-corrected chi connectivity index (χ2v) is 4.65. The SMILES string of the molecule is COc1c(C)cnc(CNc2cc(F)cc(F)c2F)c1C. The molecule has 0 aliphatic heterocycles. The maximum Gasteiger partial charge on any atom is 0.182 e. The molecule has 112 valence electrons. The topological polar surface area (TPSA) is 34.1 Å². The molecule has 0 spiro atoms. The predicted molar refractivity (Wildman–Crippen MR) is 73.9 cm³/mol. The number of benzene rings is 1. The number of aromatic nitrogens is 1. The molecule has 1 aromatic carbocycles. The number of pyridine rings is 1. The number of methoxy groups -OCH3 is 1. The fourth-order valence-electron chi connectivity index (χ4n) is 2.11. The zero-order valence-electron chi connectivity index (χ0n) is 11.9. The van der Waals surface area contributed by atoms with Gasteiger partial charge in [0, 0.05) is 29.5 Å². The number of ether oxygens (including phenoxy) is 1. The Balaban J connectivity index is 2.25. The summed E-state index contributed by atoms with van der Waals surface area (Å²) in [5.74, 6) is -2.51. The van der Waals surface area contributed by atoms with Crippen LogP contribution in [-0.2, 0) is 6.54 Å². The molecule has 1 aromatic heterocycles. The van der Waals surface area contributed by atoms with Gasteiger partial charge in [-0.05, 0) is 13.8 Å². The van der Waals surface area contributed by atoms with Gasteiger partial charge >= 0.3 is 0 Å². The molecule has 2 aromatic rings. The predicted octanol–water partition coefficient (Wildman–Crippen LogP) is 3.74. The van der Waals surface area contributed by atoms with Gasteiger partial charge in [0.1, 0.15) is 11.6 Å². The minimum absolute atomic E-state index is 0.127. The van der Waals surface area contributed by atoms with Crippen LogP contribution in [0.15, 0.2) is 18.3 Å². The van der Waals surface area contributed by atoms with Gasteiger partial charge in [-0.25, -0.2) is 13.2 Å². The number of hydrogen-bond acceptors (Lipinski definition) is 3. The minimum atomic E-state index is -1.23. The number of rotatable bonds is 4. The third kappa shape index (κ3) is 3.09. The summed E-state index contributed by atoms with van der Waals surface area (Å²) in [6, 6.07) is 1.40. The van der Waals surface area contributed by atoms with E-state index in [9.17, 15) is 13.2 Å². The van der Waals surface area contributed by atoms with Gasteiger partial charge in [-0.15, -0.1) is 0 Å². The van der Waals surface area contributed by atoms with Gasteiger partial charge in [0.25, 0.3) is 0 Å². The first-order valence-corrected chi connectivity index (χ1v) is 6.31. The van der Waals surface area contributed by atoms with Gasteiger partial charge in [-0.2, -0.15) is 0 Å². The summed E-state index contributed by atoms with van der Waals surface area (Å²) in [6.45, 7) is 3.80. The Bertz CT molecular complexity index is 674. The van der Waals surface area contributed by atoms with Crippen molar-refractivity contribution < 1.29 is 17.9 Å². The van der Waals surface area contributed by atoms with Crippen molar-refractivity contribution in [2.24, 2.45) is 0 Å². The molecule has 1 N–H and O–H groups in total. The van der Waals surface area contributed by atoms with E-state index in [1.165, 1.54) is 0 Å². The normalized spacial score (nSPS) is 10.6. The first-order valence-electron chi connectivity index (χ1n) is 6.31. The summed E-state index contributed by atoms with van der Waals surface area (Å²) in [6.07, 6.45) is 1.63. The summed E-state index contributed by atoms with van der Waals surface area (Å²) in [5, 5.41) is 2.65. The number of halogens is 3. The lowest BCUT2D eigenvalue weighted by Crippen LogP contribution is -2.08. The van der Waals surface area contributed by atoms with E-state index in [0.29, 0.717) is 17.5 Å². The molecule has 1 heterocycles. The van der Waals surface area contributed by atoms with Gasteiger partial charge < -0.3 is 10.1 Å². The number of hydrogen-bond donors (Lipinski definition) is 1. The van der Waals surface area contributed by atoms with Crippen molar-refractivity contribution in [1.29, 1.82) is 0 Å². The van der Waals surface area contributed by atoms with Gasteiger partial charge in [0.05, 0.1) is 25.0 Å². The fraction of sp³-hybridized carbons (Fsp3) is 0.267. The van der Waals surface area contributed by atoms with Crippen LogP contribution in [0, 0.1) is 31.3 Å². The summed E-state index contributed by atoms with van der Waals surface area (Å²) in [4.78, 5) is 4.22. The standard InChI is InChI=1S/C15H15F3N2O/c1-8-6-19-13(9(2)15(8)21-3)7-20-12-5-10(16)4-11(17)14(12)18/h4-6,20H,7H2,1-3H3. The average molecular weight is 296 g/mol. The molecule has 0 fully saturated rings. The number of anilines is 1. The lowest BCUT2D eigenvalue weighted by Gasteiger charge is -2.13. The van der Waals surface area contributed by atoms with Crippen molar-refractivity contribution in [3.63, 3.8) is 0 Å². The van der Waals surface area contributed by atoms with Crippen LogP contribution in [0.2, 0.25) is 0 Å². The van der Waals surface area contributed by atoms with Crippen molar-refractivity contribution in [3.8, 4) is 5.75 Å². The van der Waals surface area contributed by atoms with Crippen molar-refractivity contribution in [3.05, 3.63) is 52.6 Å². The highest BCUT2D eigenvalue weighted by molar-refractivity contribution is 5.47. The summed E-state index contributed by atoms with van der Waals surface area (Å²) >= 11 is 0. The molecule has 0 aliphatic carbocycles. The average Bonchev–Trinajstić information content (AvgIpc) is 2.43. The summed E-state index contributed by atoms with van der Waals surface area (Å²) < 4.78 is 45.0. The Labute approximate surface area is 120 Å². The van der Waals surface area contributed by atoms with Gasteiger partial charge in [-0.1, -0.05) is 0 Å². The van der Waals surface area contributed by atoms with Crippen molar-refractivity contribution in [2.45, 2.75) is 20.4 Å². The third-order valence-corrected chi connectivity index (χ3v) is 3.19. The zero-order chi connectivity index (χ0) is 15.6. The van der Waals surface area contributed by atoms with Gasteiger partial charge in [0.15, 0.2) is 11.6 Å². The van der Waals surface area contributed by atoms with Gasteiger partial charge in [-0.3, -0.25) is 4.98 Å². The molecule has 0 radical (unpaired) electrons. The maximum absolute atomic E-state index is 13.5. The van der Waals surface area contributed by atoms with Crippen molar-refractivity contribution in [2.75, 3.05) is 12.4 Å². The van der Waals surface area contributed by atoms with Crippen LogP contribution < -0.4 is 10.1 Å². The second kappa shape index (κ2) is 6.03. The van der Waals surface area contributed by atoms with Crippen LogP contribution in [0.25, 0.3) is 0 Å². The van der Waals surface area contributed by atoms with Crippen molar-refractivity contribution >= 4 is 5.69 Å². The molecule has 3 nitrogen and oxygen atoms in total. The highest BCUT2D eigenvalue weighted by Gasteiger charge is 2.13. The molecule has 0 saturated carbocycles. The van der Waals surface area contributed by atoms with E-state index in [1.807, 2.05) is 13.8 Å². The number of nitrogens with one attached hydrogen (secondary N) is 1. The quantitative estimate of drug-likeness (QED) is 0.873. The van der Waals surface area contributed by atoms with Crippen LogP contribution >= 0.6 is 0 Å². The van der Waals surface area contributed by atoms with Crippen LogP contribution in [0.3, 0.4) is 0 Å². The summed E-state index contributed by atoms with van der Waals surface area (Å²) in [5.41, 5.74) is 2.04. The Hall–Kier alpha value is -2.24. The highest BCUT2D eigenvalue weighted by Crippen LogP contribution is 2.25. The molecule has 0 amide bonds. The smallest absolute Gasteiger partial charge is 0.182 e. The fourth-order valence-corrected chi connectivity index (χ4v) is 2.11. The molecular weight excluding hydrogens is 281 g/mol. The molecular formula is C15H15F3N2O. The lowest BCUT2D eigenvalue weighted by molar-refractivity contribution is 0.407. The van der Waals surface area contributed by atoms with E-state index in [2.05, 4.69) is 10.3 Å². The summed E-state index contributed by atoms with van der Waals surface area (Å²) in [7, 11) is 1.55. The van der Waals surface area contributed by atoms with E-state index in [1.54, 1.807) is 13.3 Å². The Morgan fingerprint density at radius 1 is 1.19 bits per heavy atom. The van der Waals surface area contributed by atoms with E-state index >= 15 is 0 Å². The first-order chi connectivity index (χ1) is 9.93. The Morgan fingerprint density at radius 3 is 2.57 bits per heavy atom. The van der Waals surface area contributed by atoms with Crippen LogP contribution in [0.1, 0.15) is 16.8 Å². The molecule has 0 unspecified atom stereocenters. The van der Waals surface area contributed by atoms with E-state index < -0.39 is 17.5 Å². The third-order valence-electron chi connectivity index (χ3n) is 3.19. The monoisotopic (exact) mass is 296 g/mol. The molecule has 0 atom stereocenters. The number of aryl methyl sites for hydroxylation is 1. The van der Waals surface area contributed by atoms with Crippen LogP contribution in [0.4, 0.5) is 18.9 Å². The molecule has 0 bridgehead atoms. The Kier molecular flexibility index (Phi) is 4.35. The maximum atomic E-state index is 13.5. The van der Waals surface area contributed by atoms with E-state index in [4.69, 9.17) is 4.74 Å². The molecule has 0 aliphatic rings. The zero-order valence-corrected chi connectivity index (χ0v) is 11.9. The number of nitrogens with zero attached hydrogens (tertiary/aromatic N) is 1. The van der Waals surface area contributed by atoms with Crippen LogP contribution in [-0.4, -0.2) is 12.1 Å². The lowest BCUT2D eigenvalue weighted by atomic mass is 10.1. The molecule has 6 heteroatoms. The van der Waals surface area contributed by atoms with E-state index in [-0.39, 0.29) is 12.2 Å². The highest BCUT2D eigenvalue weighted by atomic mass is 19.2. The minimum Gasteiger partial charge on any atom is -0.496 e. The molecule has 0 saturated heterocycles. The Morgan fingerprint density at radius 2 is 1.90 bits per heavy atom. The van der Waals surface area contributed by atoms with Crippen LogP contribution in [0.5, 0.6) is 5.75 Å². The van der Waals surface area contributed by atoms with Gasteiger partial charge in [0.2, 0.25) is 0 Å².